The molecule has 0 saturated carbocycles. The number of nitrogens with zero attached hydrogens (tertiary/aromatic N) is 2. The van der Waals surface area contributed by atoms with Crippen LogP contribution in [0.25, 0.3) is 0 Å². The Bertz CT molecular complexity index is 1000. The number of hydrogen-bond acceptors (Lipinski definition) is 5. The first kappa shape index (κ1) is 24.2. The first-order chi connectivity index (χ1) is 16.6. The van der Waals surface area contributed by atoms with Crippen molar-refractivity contribution in [3.05, 3.63) is 58.9 Å². The molecule has 1 atom stereocenters. The third-order valence-electron chi connectivity index (χ3n) is 7.08. The second kappa shape index (κ2) is 11.5. The van der Waals surface area contributed by atoms with Gasteiger partial charge in [-0.1, -0.05) is 24.3 Å². The Kier molecular flexibility index (Phi) is 8.16. The highest BCUT2D eigenvalue weighted by atomic mass is 16.5. The number of carbonyl (C=O) groups excluding carboxylic acids is 1. The van der Waals surface area contributed by atoms with Crippen molar-refractivity contribution in [3.63, 3.8) is 0 Å². The smallest absolute Gasteiger partial charge is 0.325 e. The van der Waals surface area contributed by atoms with Crippen molar-refractivity contribution in [2.45, 2.75) is 57.4 Å². The van der Waals surface area contributed by atoms with E-state index in [-0.39, 0.29) is 11.8 Å². The molecule has 1 fully saturated rings. The van der Waals surface area contributed by atoms with Gasteiger partial charge in [0.15, 0.2) is 0 Å². The molecule has 1 aromatic carbocycles. The van der Waals surface area contributed by atoms with Crippen molar-refractivity contribution in [1.29, 1.82) is 0 Å². The molecule has 1 unspecified atom stereocenters. The molecule has 4 rings (SSSR count). The van der Waals surface area contributed by atoms with E-state index in [1.165, 1.54) is 24.1 Å². The van der Waals surface area contributed by atoms with Gasteiger partial charge in [0.2, 0.25) is 5.91 Å². The summed E-state index contributed by atoms with van der Waals surface area (Å²) >= 11 is 0. The van der Waals surface area contributed by atoms with E-state index in [2.05, 4.69) is 17.4 Å². The molecule has 0 spiro atoms. The van der Waals surface area contributed by atoms with Crippen molar-refractivity contribution < 1.29 is 19.4 Å². The van der Waals surface area contributed by atoms with Gasteiger partial charge < -0.3 is 15.2 Å². The van der Waals surface area contributed by atoms with Crippen LogP contribution in [0.15, 0.2) is 36.4 Å². The summed E-state index contributed by atoms with van der Waals surface area (Å²) in [5, 5.41) is 13.0. The van der Waals surface area contributed by atoms with Gasteiger partial charge in [0.25, 0.3) is 0 Å². The summed E-state index contributed by atoms with van der Waals surface area (Å²) in [7, 11) is 1.55. The molecular weight excluding hydrogens is 430 g/mol. The summed E-state index contributed by atoms with van der Waals surface area (Å²) in [5.41, 5.74) is 4.41. The predicted octanol–water partition coefficient (Wildman–Crippen LogP) is 3.56. The second-order valence-corrected chi connectivity index (χ2v) is 9.30. The zero-order chi connectivity index (χ0) is 23.9. The normalized spacial score (nSPS) is 17.6. The van der Waals surface area contributed by atoms with E-state index < -0.39 is 12.0 Å². The lowest BCUT2D eigenvalue weighted by Gasteiger charge is -2.35. The van der Waals surface area contributed by atoms with E-state index in [1.54, 1.807) is 19.2 Å². The van der Waals surface area contributed by atoms with Crippen molar-refractivity contribution in [2.24, 2.45) is 5.92 Å². The van der Waals surface area contributed by atoms with Gasteiger partial charge in [0.1, 0.15) is 11.8 Å². The van der Waals surface area contributed by atoms with Gasteiger partial charge in [-0.05, 0) is 69.1 Å². The molecule has 1 amide bonds. The van der Waals surface area contributed by atoms with Gasteiger partial charge in [0, 0.05) is 42.5 Å². The number of carboxylic acid groups (broad SMARTS) is 1. The standard InChI is InChI=1S/C27H35N3O4/c1-34-24-11-5-3-9-22(24)25(27(32)33)30-17-14-20(15-18-30)26(31)28-16-6-8-21-13-12-19-7-2-4-10-23(19)29-21/h3,5,9,11-13,20,25H,2,4,6-8,10,14-18H2,1H3,(H,28,31)(H,32,33). The zero-order valence-electron chi connectivity index (χ0n) is 20.0. The lowest BCUT2D eigenvalue weighted by molar-refractivity contribution is -0.144. The summed E-state index contributed by atoms with van der Waals surface area (Å²) in [6.45, 7) is 1.76. The van der Waals surface area contributed by atoms with E-state index in [0.29, 0.717) is 43.8 Å². The van der Waals surface area contributed by atoms with Gasteiger partial charge in [-0.25, -0.2) is 0 Å². The molecule has 0 radical (unpaired) electrons. The molecule has 2 aliphatic rings. The number of carbonyl (C=O) groups is 2. The highest BCUT2D eigenvalue weighted by Crippen LogP contribution is 2.32. The number of piperidine rings is 1. The number of aromatic nitrogens is 1. The topological polar surface area (TPSA) is 91.8 Å². The first-order valence-corrected chi connectivity index (χ1v) is 12.4. The molecular formula is C27H35N3O4. The van der Waals surface area contributed by atoms with Gasteiger partial charge in [-0.2, -0.15) is 0 Å². The minimum Gasteiger partial charge on any atom is -0.496 e. The molecule has 1 aliphatic heterocycles. The quantitative estimate of drug-likeness (QED) is 0.551. The summed E-state index contributed by atoms with van der Waals surface area (Å²) < 4.78 is 5.38. The number of rotatable bonds is 9. The number of pyridine rings is 1. The Hall–Kier alpha value is -2.93. The largest absolute Gasteiger partial charge is 0.496 e. The van der Waals surface area contributed by atoms with Gasteiger partial charge in [0.05, 0.1) is 7.11 Å². The Morgan fingerprint density at radius 3 is 2.68 bits per heavy atom. The number of aryl methyl sites for hydroxylation is 3. The third-order valence-corrected chi connectivity index (χ3v) is 7.08. The van der Waals surface area contributed by atoms with Crippen LogP contribution >= 0.6 is 0 Å². The number of para-hydroxylation sites is 1. The molecule has 34 heavy (non-hydrogen) atoms. The predicted molar refractivity (Wildman–Crippen MR) is 130 cm³/mol. The van der Waals surface area contributed by atoms with Crippen molar-refractivity contribution in [2.75, 3.05) is 26.7 Å². The van der Waals surface area contributed by atoms with Crippen LogP contribution in [0.5, 0.6) is 5.75 Å². The number of carboxylic acids is 1. The summed E-state index contributed by atoms with van der Waals surface area (Å²) in [4.78, 5) is 31.5. The minimum absolute atomic E-state index is 0.0715. The molecule has 1 aliphatic carbocycles. The van der Waals surface area contributed by atoms with Crippen molar-refractivity contribution >= 4 is 11.9 Å². The first-order valence-electron chi connectivity index (χ1n) is 12.4. The second-order valence-electron chi connectivity index (χ2n) is 9.30. The molecule has 7 heteroatoms. The number of nitrogens with one attached hydrogen (secondary N) is 1. The monoisotopic (exact) mass is 465 g/mol. The highest BCUT2D eigenvalue weighted by molar-refractivity contribution is 5.79. The lowest BCUT2D eigenvalue weighted by Crippen LogP contribution is -2.44. The summed E-state index contributed by atoms with van der Waals surface area (Å²) in [6.07, 6.45) is 7.74. The average Bonchev–Trinajstić information content (AvgIpc) is 2.87. The molecule has 1 saturated heterocycles. The Labute approximate surface area is 201 Å². The van der Waals surface area contributed by atoms with Gasteiger partial charge >= 0.3 is 5.97 Å². The van der Waals surface area contributed by atoms with E-state index in [4.69, 9.17) is 9.72 Å². The Morgan fingerprint density at radius 2 is 1.91 bits per heavy atom. The maximum Gasteiger partial charge on any atom is 0.325 e. The fourth-order valence-electron chi connectivity index (χ4n) is 5.19. The molecule has 0 bridgehead atoms. The van der Waals surface area contributed by atoms with E-state index >= 15 is 0 Å². The van der Waals surface area contributed by atoms with Crippen LogP contribution in [0.2, 0.25) is 0 Å². The third kappa shape index (κ3) is 5.76. The minimum atomic E-state index is -0.900. The number of methoxy groups -OCH3 is 1. The van der Waals surface area contributed by atoms with Crippen LogP contribution in [0.1, 0.15) is 60.7 Å². The lowest BCUT2D eigenvalue weighted by atomic mass is 9.93. The van der Waals surface area contributed by atoms with Crippen LogP contribution < -0.4 is 10.1 Å². The van der Waals surface area contributed by atoms with Crippen molar-refractivity contribution in [3.8, 4) is 5.75 Å². The van der Waals surface area contributed by atoms with E-state index in [1.807, 2.05) is 17.0 Å². The number of amides is 1. The van der Waals surface area contributed by atoms with Crippen LogP contribution in [0.4, 0.5) is 0 Å². The number of aliphatic carboxylic acids is 1. The molecule has 2 aromatic rings. The number of likely N-dealkylation sites (tertiary alicyclic amines) is 1. The molecule has 1 aromatic heterocycles. The Balaban J connectivity index is 1.23. The number of benzene rings is 1. The number of fused-ring (bicyclic) bond motifs is 1. The molecule has 2 heterocycles. The fourth-order valence-corrected chi connectivity index (χ4v) is 5.19. The van der Waals surface area contributed by atoms with Crippen LogP contribution in [-0.4, -0.2) is 53.6 Å². The van der Waals surface area contributed by atoms with Crippen molar-refractivity contribution in [1.82, 2.24) is 15.2 Å². The maximum atomic E-state index is 12.7. The number of hydrogen-bond donors (Lipinski definition) is 2. The zero-order valence-corrected chi connectivity index (χ0v) is 20.0. The Morgan fingerprint density at radius 1 is 1.15 bits per heavy atom. The molecule has 182 valence electrons. The summed E-state index contributed by atoms with van der Waals surface area (Å²) in [6, 6.07) is 10.8. The maximum absolute atomic E-state index is 12.7. The number of ether oxygens (including phenoxy) is 1. The SMILES string of the molecule is COc1ccccc1C(C(=O)O)N1CCC(C(=O)NCCCc2ccc3c(n2)CCCC3)CC1. The van der Waals surface area contributed by atoms with Crippen LogP contribution in [-0.2, 0) is 28.9 Å². The van der Waals surface area contributed by atoms with Gasteiger partial charge in [-0.15, -0.1) is 0 Å². The molecule has 7 nitrogen and oxygen atoms in total. The van der Waals surface area contributed by atoms with Gasteiger partial charge in [-0.3, -0.25) is 19.5 Å². The molecule has 2 N–H and O–H groups in total. The van der Waals surface area contributed by atoms with E-state index in [0.717, 1.165) is 31.4 Å². The van der Waals surface area contributed by atoms with Crippen LogP contribution in [0, 0.1) is 5.92 Å². The highest BCUT2D eigenvalue weighted by Gasteiger charge is 2.34. The fraction of sp³-hybridized carbons (Fsp3) is 0.519. The average molecular weight is 466 g/mol. The van der Waals surface area contributed by atoms with Crippen LogP contribution in [0.3, 0.4) is 0 Å². The summed E-state index contributed by atoms with van der Waals surface area (Å²) in [5.74, 6) is -0.334. The van der Waals surface area contributed by atoms with E-state index in [9.17, 15) is 14.7 Å².